The molecule has 0 fully saturated rings. The van der Waals surface area contributed by atoms with Crippen molar-refractivity contribution in [2.45, 2.75) is 135 Å². The molecule has 0 aliphatic carbocycles. The van der Waals surface area contributed by atoms with Crippen molar-refractivity contribution < 1.29 is 24.9 Å². The molecule has 0 saturated heterocycles. The molecule has 5 nitrogen and oxygen atoms in total. The minimum Gasteiger partial charge on any atom is -0.508 e. The number of benzene rings is 1. The molecule has 34 heavy (non-hydrogen) atoms. The standard InChI is InChI=1S/C22H44O2.C7H6O3/c1-2-3-4-5-6-7-8-9-10-11-12-13-14-15-16-17-18-19-20-21-22(23)24;8-6-3-1-5(2-4-6)7(9)10/h2-21H2,1H3,(H,23,24);1-4,8H,(H,9,10). The molecule has 5 heteroatoms. The summed E-state index contributed by atoms with van der Waals surface area (Å²) >= 11 is 0. The molecular weight excluding hydrogens is 428 g/mol. The second kappa shape index (κ2) is 24.1. The summed E-state index contributed by atoms with van der Waals surface area (Å²) in [6.07, 6.45) is 26.1. The molecule has 0 saturated carbocycles. The van der Waals surface area contributed by atoms with Gasteiger partial charge in [-0.2, -0.15) is 0 Å². The zero-order valence-corrected chi connectivity index (χ0v) is 21.6. The van der Waals surface area contributed by atoms with Crippen molar-refractivity contribution in [2.24, 2.45) is 0 Å². The molecule has 1 aromatic rings. The number of rotatable bonds is 21. The molecule has 0 radical (unpaired) electrons. The number of phenols is 1. The average molecular weight is 479 g/mol. The summed E-state index contributed by atoms with van der Waals surface area (Å²) in [5, 5.41) is 25.7. The second-order valence-corrected chi connectivity index (χ2v) is 9.36. The number of aliphatic carboxylic acids is 1. The number of carboxylic acids is 2. The van der Waals surface area contributed by atoms with Gasteiger partial charge < -0.3 is 15.3 Å². The molecule has 196 valence electrons. The highest BCUT2D eigenvalue weighted by molar-refractivity contribution is 5.87. The predicted molar refractivity (Wildman–Crippen MR) is 141 cm³/mol. The third kappa shape index (κ3) is 23.1. The lowest BCUT2D eigenvalue weighted by atomic mass is 10.0. The second-order valence-electron chi connectivity index (χ2n) is 9.36. The summed E-state index contributed by atoms with van der Waals surface area (Å²) in [7, 11) is 0. The SMILES string of the molecule is CCCCCCCCCCCCCCCCCCCCCC(=O)O.O=C(O)c1ccc(O)cc1. The Bertz CT molecular complexity index is 597. The summed E-state index contributed by atoms with van der Waals surface area (Å²) in [4.78, 5) is 20.6. The summed E-state index contributed by atoms with van der Waals surface area (Å²) in [5.41, 5.74) is 0.179. The van der Waals surface area contributed by atoms with Gasteiger partial charge in [0, 0.05) is 6.42 Å². The maximum Gasteiger partial charge on any atom is 0.335 e. The third-order valence-electron chi connectivity index (χ3n) is 6.11. The Morgan fingerprint density at radius 1 is 0.559 bits per heavy atom. The van der Waals surface area contributed by atoms with Crippen LogP contribution in [0.15, 0.2) is 24.3 Å². The van der Waals surface area contributed by atoms with E-state index in [1.54, 1.807) is 0 Å². The van der Waals surface area contributed by atoms with Crippen molar-refractivity contribution >= 4 is 11.9 Å². The van der Waals surface area contributed by atoms with Crippen molar-refractivity contribution in [3.05, 3.63) is 29.8 Å². The van der Waals surface area contributed by atoms with Crippen LogP contribution in [0.4, 0.5) is 0 Å². The smallest absolute Gasteiger partial charge is 0.335 e. The Morgan fingerprint density at radius 2 is 0.882 bits per heavy atom. The van der Waals surface area contributed by atoms with Crippen LogP contribution in [0.2, 0.25) is 0 Å². The van der Waals surface area contributed by atoms with Gasteiger partial charge in [0.15, 0.2) is 0 Å². The van der Waals surface area contributed by atoms with E-state index in [9.17, 15) is 9.59 Å². The van der Waals surface area contributed by atoms with E-state index in [-0.39, 0.29) is 11.3 Å². The lowest BCUT2D eigenvalue weighted by Crippen LogP contribution is -1.93. The minimum absolute atomic E-state index is 0.0741. The van der Waals surface area contributed by atoms with E-state index < -0.39 is 11.9 Å². The fourth-order valence-electron chi connectivity index (χ4n) is 3.96. The van der Waals surface area contributed by atoms with E-state index in [1.807, 2.05) is 0 Å². The summed E-state index contributed by atoms with van der Waals surface area (Å²) in [5.74, 6) is -1.56. The zero-order valence-electron chi connectivity index (χ0n) is 21.6. The van der Waals surface area contributed by atoms with Crippen LogP contribution in [0.1, 0.15) is 146 Å². The maximum absolute atomic E-state index is 10.4. The Morgan fingerprint density at radius 3 is 1.18 bits per heavy atom. The van der Waals surface area contributed by atoms with Crippen molar-refractivity contribution in [1.82, 2.24) is 0 Å². The summed E-state index contributed by atoms with van der Waals surface area (Å²) in [6.45, 7) is 2.28. The first-order valence-corrected chi connectivity index (χ1v) is 13.7. The highest BCUT2D eigenvalue weighted by Crippen LogP contribution is 2.14. The van der Waals surface area contributed by atoms with E-state index in [2.05, 4.69) is 6.92 Å². The van der Waals surface area contributed by atoms with E-state index in [0.717, 1.165) is 12.8 Å². The van der Waals surface area contributed by atoms with Gasteiger partial charge in [0.25, 0.3) is 0 Å². The first kappa shape index (κ1) is 32.0. The molecule has 0 aliphatic heterocycles. The van der Waals surface area contributed by atoms with Crippen LogP contribution in [-0.2, 0) is 4.79 Å². The molecule has 0 amide bonds. The third-order valence-corrected chi connectivity index (χ3v) is 6.11. The first-order chi connectivity index (χ1) is 16.5. The van der Waals surface area contributed by atoms with Crippen LogP contribution in [0, 0.1) is 0 Å². The fourth-order valence-corrected chi connectivity index (χ4v) is 3.96. The quantitative estimate of drug-likeness (QED) is 0.153. The molecule has 0 atom stereocenters. The molecule has 0 aromatic heterocycles. The zero-order chi connectivity index (χ0) is 25.3. The van der Waals surface area contributed by atoms with Crippen molar-refractivity contribution in [3.8, 4) is 5.75 Å². The van der Waals surface area contributed by atoms with Gasteiger partial charge in [-0.3, -0.25) is 4.79 Å². The largest absolute Gasteiger partial charge is 0.508 e. The Kier molecular flexibility index (Phi) is 22.7. The number of hydrogen-bond acceptors (Lipinski definition) is 3. The Balaban J connectivity index is 0.000000896. The van der Waals surface area contributed by atoms with E-state index >= 15 is 0 Å². The number of phenolic OH excluding ortho intramolecular Hbond substituents is 1. The highest BCUT2D eigenvalue weighted by Gasteiger charge is 1.99. The van der Waals surface area contributed by atoms with Gasteiger partial charge in [-0.1, -0.05) is 122 Å². The number of carboxylic acid groups (broad SMARTS) is 2. The molecule has 1 rings (SSSR count). The maximum atomic E-state index is 10.4. The number of aromatic carboxylic acids is 1. The first-order valence-electron chi connectivity index (χ1n) is 13.7. The van der Waals surface area contributed by atoms with Crippen LogP contribution in [0.25, 0.3) is 0 Å². The van der Waals surface area contributed by atoms with E-state index in [4.69, 9.17) is 15.3 Å². The van der Waals surface area contributed by atoms with Crippen molar-refractivity contribution in [3.63, 3.8) is 0 Å². The number of aromatic hydroxyl groups is 1. The van der Waals surface area contributed by atoms with Crippen molar-refractivity contribution in [1.29, 1.82) is 0 Å². The molecular formula is C29H50O5. The molecule has 0 unspecified atom stereocenters. The average Bonchev–Trinajstić information content (AvgIpc) is 2.81. The van der Waals surface area contributed by atoms with Crippen LogP contribution in [0.3, 0.4) is 0 Å². The molecule has 1 aromatic carbocycles. The lowest BCUT2D eigenvalue weighted by molar-refractivity contribution is -0.137. The molecule has 0 aliphatic rings. The van der Waals surface area contributed by atoms with Gasteiger partial charge in [-0.15, -0.1) is 0 Å². The summed E-state index contributed by atoms with van der Waals surface area (Å²) in [6, 6.07) is 5.36. The van der Waals surface area contributed by atoms with E-state index in [1.165, 1.54) is 133 Å². The van der Waals surface area contributed by atoms with Crippen LogP contribution in [0.5, 0.6) is 5.75 Å². The number of unbranched alkanes of at least 4 members (excludes halogenated alkanes) is 18. The van der Waals surface area contributed by atoms with Crippen LogP contribution >= 0.6 is 0 Å². The Hall–Kier alpha value is -2.04. The van der Waals surface area contributed by atoms with Gasteiger partial charge in [-0.05, 0) is 30.7 Å². The van der Waals surface area contributed by atoms with Crippen LogP contribution in [-0.4, -0.2) is 27.3 Å². The van der Waals surface area contributed by atoms with Gasteiger partial charge in [0.05, 0.1) is 5.56 Å². The number of hydrogen-bond donors (Lipinski definition) is 3. The molecule has 0 spiro atoms. The Labute approximate surface area is 208 Å². The van der Waals surface area contributed by atoms with E-state index in [0.29, 0.717) is 6.42 Å². The normalized spacial score (nSPS) is 10.5. The monoisotopic (exact) mass is 478 g/mol. The predicted octanol–water partition coefficient (Wildman–Crippen LogP) is 8.98. The van der Waals surface area contributed by atoms with Gasteiger partial charge in [-0.25, -0.2) is 4.79 Å². The molecule has 0 bridgehead atoms. The molecule has 3 N–H and O–H groups in total. The van der Waals surface area contributed by atoms with Gasteiger partial charge in [0.1, 0.15) is 5.75 Å². The van der Waals surface area contributed by atoms with Crippen LogP contribution < -0.4 is 0 Å². The minimum atomic E-state index is -0.986. The summed E-state index contributed by atoms with van der Waals surface area (Å²) < 4.78 is 0. The fraction of sp³-hybridized carbons (Fsp3) is 0.724. The van der Waals surface area contributed by atoms with Gasteiger partial charge in [0.2, 0.25) is 0 Å². The van der Waals surface area contributed by atoms with Gasteiger partial charge >= 0.3 is 11.9 Å². The van der Waals surface area contributed by atoms with Crippen molar-refractivity contribution in [2.75, 3.05) is 0 Å². The lowest BCUT2D eigenvalue weighted by Gasteiger charge is -2.03. The molecule has 0 heterocycles. The number of carbonyl (C=O) groups is 2. The topological polar surface area (TPSA) is 94.8 Å². The highest BCUT2D eigenvalue weighted by atomic mass is 16.4.